The molecule has 0 aliphatic carbocycles. The smallest absolute Gasteiger partial charge is 0.236 e. The van der Waals surface area contributed by atoms with Gasteiger partial charge in [0.1, 0.15) is 5.82 Å². The van der Waals surface area contributed by atoms with Crippen LogP contribution in [0.3, 0.4) is 0 Å². The van der Waals surface area contributed by atoms with E-state index in [4.69, 9.17) is 17.3 Å². The van der Waals surface area contributed by atoms with Gasteiger partial charge in [0.15, 0.2) is 0 Å². The maximum atomic E-state index is 12.9. The number of benzene rings is 2. The number of hydrogen-bond acceptors (Lipinski definition) is 3. The molecule has 4 nitrogen and oxygen atoms in total. The molecule has 0 aliphatic heterocycles. The van der Waals surface area contributed by atoms with Crippen LogP contribution in [-0.2, 0) is 22.3 Å². The van der Waals surface area contributed by atoms with Crippen LogP contribution in [-0.4, -0.2) is 8.42 Å². The third-order valence-corrected chi connectivity index (χ3v) is 4.37. The van der Waals surface area contributed by atoms with E-state index >= 15 is 0 Å². The fraction of sp³-hybridized carbons (Fsp3) is 0.143. The lowest BCUT2D eigenvalue weighted by molar-refractivity contribution is 0.600. The van der Waals surface area contributed by atoms with Crippen molar-refractivity contribution < 1.29 is 12.8 Å². The third kappa shape index (κ3) is 4.42. The minimum Gasteiger partial charge on any atom is -0.326 e. The summed E-state index contributed by atoms with van der Waals surface area (Å²) in [5, 5.41) is 0.0112. The molecule has 21 heavy (non-hydrogen) atoms. The predicted molar refractivity (Wildman–Crippen MR) is 82.0 cm³/mol. The van der Waals surface area contributed by atoms with Crippen LogP contribution in [0.25, 0.3) is 0 Å². The summed E-state index contributed by atoms with van der Waals surface area (Å²) in [5.74, 6) is -0.730. The van der Waals surface area contributed by atoms with Crippen molar-refractivity contribution in [1.82, 2.24) is 0 Å². The van der Waals surface area contributed by atoms with E-state index in [1.807, 2.05) is 0 Å². The van der Waals surface area contributed by atoms with Gasteiger partial charge in [0.05, 0.1) is 16.5 Å². The van der Waals surface area contributed by atoms with E-state index in [1.165, 1.54) is 6.07 Å². The molecule has 0 aliphatic rings. The van der Waals surface area contributed by atoms with E-state index in [2.05, 4.69) is 4.72 Å². The van der Waals surface area contributed by atoms with Gasteiger partial charge in [0.2, 0.25) is 10.0 Å². The van der Waals surface area contributed by atoms with Crippen LogP contribution < -0.4 is 10.5 Å². The number of rotatable bonds is 5. The average molecular weight is 329 g/mol. The molecule has 2 rings (SSSR count). The van der Waals surface area contributed by atoms with Crippen LogP contribution in [0, 0.1) is 5.82 Å². The van der Waals surface area contributed by atoms with Gasteiger partial charge in [-0.2, -0.15) is 0 Å². The molecular weight excluding hydrogens is 315 g/mol. The van der Waals surface area contributed by atoms with Gasteiger partial charge in [-0.05, 0) is 29.3 Å². The zero-order valence-corrected chi connectivity index (χ0v) is 12.6. The van der Waals surface area contributed by atoms with Crippen molar-refractivity contribution in [3.8, 4) is 0 Å². The highest BCUT2D eigenvalue weighted by molar-refractivity contribution is 7.91. The van der Waals surface area contributed by atoms with Crippen LogP contribution in [0.5, 0.6) is 0 Å². The Morgan fingerprint density at radius 1 is 1.10 bits per heavy atom. The molecule has 7 heteroatoms. The number of sulfonamides is 1. The van der Waals surface area contributed by atoms with Crippen molar-refractivity contribution in [2.75, 3.05) is 4.72 Å². The van der Waals surface area contributed by atoms with Crippen molar-refractivity contribution >= 4 is 27.3 Å². The Kier molecular flexibility index (Phi) is 4.82. The van der Waals surface area contributed by atoms with Gasteiger partial charge in [-0.15, -0.1) is 0 Å². The standard InChI is InChI=1S/C14H14ClFN2O2S/c15-13-7-12(16)5-6-14(13)18-21(19,20)9-11-3-1-10(8-17)2-4-11/h1-7,18H,8-9,17H2. The Hall–Kier alpha value is -1.63. The van der Waals surface area contributed by atoms with Crippen LogP contribution in [0.2, 0.25) is 5.02 Å². The highest BCUT2D eigenvalue weighted by Gasteiger charge is 2.14. The first-order chi connectivity index (χ1) is 9.89. The van der Waals surface area contributed by atoms with Crippen LogP contribution in [0.15, 0.2) is 42.5 Å². The predicted octanol–water partition coefficient (Wildman–Crippen LogP) is 2.88. The van der Waals surface area contributed by atoms with Gasteiger partial charge < -0.3 is 5.73 Å². The summed E-state index contributed by atoms with van der Waals surface area (Å²) < 4.78 is 39.4. The Labute approximate surface area is 127 Å². The molecule has 0 unspecified atom stereocenters. The summed E-state index contributed by atoms with van der Waals surface area (Å²) in [6.45, 7) is 0.399. The summed E-state index contributed by atoms with van der Waals surface area (Å²) in [4.78, 5) is 0. The van der Waals surface area contributed by atoms with E-state index in [-0.39, 0.29) is 16.5 Å². The number of hydrogen-bond donors (Lipinski definition) is 2. The number of halogens is 2. The lowest BCUT2D eigenvalue weighted by Gasteiger charge is -2.10. The fourth-order valence-electron chi connectivity index (χ4n) is 1.77. The van der Waals surface area contributed by atoms with Gasteiger partial charge >= 0.3 is 0 Å². The molecule has 0 amide bonds. The van der Waals surface area contributed by atoms with Gasteiger partial charge in [0, 0.05) is 6.54 Å². The maximum Gasteiger partial charge on any atom is 0.236 e. The Morgan fingerprint density at radius 3 is 2.29 bits per heavy atom. The second-order valence-electron chi connectivity index (χ2n) is 4.51. The molecule has 112 valence electrons. The molecule has 0 aromatic heterocycles. The zero-order valence-electron chi connectivity index (χ0n) is 11.0. The first-order valence-electron chi connectivity index (χ1n) is 6.13. The van der Waals surface area contributed by atoms with Crippen molar-refractivity contribution in [2.24, 2.45) is 5.73 Å². The summed E-state index contributed by atoms with van der Waals surface area (Å²) in [6.07, 6.45) is 0. The molecule has 2 aromatic rings. The zero-order chi connectivity index (χ0) is 15.5. The Bertz CT molecular complexity index is 733. The third-order valence-electron chi connectivity index (χ3n) is 2.81. The van der Waals surface area contributed by atoms with Gasteiger partial charge in [-0.1, -0.05) is 35.9 Å². The first-order valence-corrected chi connectivity index (χ1v) is 8.16. The molecule has 0 heterocycles. The van der Waals surface area contributed by atoms with Gasteiger partial charge in [0.25, 0.3) is 0 Å². The van der Waals surface area contributed by atoms with Crippen molar-refractivity contribution in [3.05, 3.63) is 64.4 Å². The van der Waals surface area contributed by atoms with Crippen molar-refractivity contribution in [1.29, 1.82) is 0 Å². The van der Waals surface area contributed by atoms with E-state index in [0.29, 0.717) is 12.1 Å². The normalized spacial score (nSPS) is 11.4. The number of anilines is 1. The second kappa shape index (κ2) is 6.43. The van der Waals surface area contributed by atoms with E-state index in [9.17, 15) is 12.8 Å². The molecular formula is C14H14ClFN2O2S. The molecule has 0 saturated carbocycles. The van der Waals surface area contributed by atoms with Crippen LogP contribution in [0.4, 0.5) is 10.1 Å². The summed E-state index contributed by atoms with van der Waals surface area (Å²) >= 11 is 5.80. The number of nitrogens with one attached hydrogen (secondary N) is 1. The quantitative estimate of drug-likeness (QED) is 0.886. The molecule has 0 fully saturated rings. The monoisotopic (exact) mass is 328 g/mol. The molecule has 0 bridgehead atoms. The molecule has 0 radical (unpaired) electrons. The van der Waals surface area contributed by atoms with Crippen LogP contribution >= 0.6 is 11.6 Å². The van der Waals surface area contributed by atoms with Gasteiger partial charge in [-0.25, -0.2) is 12.8 Å². The minimum absolute atomic E-state index is 0.0112. The topological polar surface area (TPSA) is 72.2 Å². The molecule has 0 atom stereocenters. The SMILES string of the molecule is NCc1ccc(CS(=O)(=O)Nc2ccc(F)cc2Cl)cc1. The lowest BCUT2D eigenvalue weighted by atomic mass is 10.1. The molecule has 2 aromatic carbocycles. The Balaban J connectivity index is 2.14. The van der Waals surface area contributed by atoms with E-state index in [0.717, 1.165) is 17.7 Å². The number of nitrogens with two attached hydrogens (primary N) is 1. The molecule has 3 N–H and O–H groups in total. The van der Waals surface area contributed by atoms with E-state index in [1.54, 1.807) is 24.3 Å². The second-order valence-corrected chi connectivity index (χ2v) is 6.64. The van der Waals surface area contributed by atoms with E-state index < -0.39 is 15.8 Å². The van der Waals surface area contributed by atoms with Gasteiger partial charge in [-0.3, -0.25) is 4.72 Å². The highest BCUT2D eigenvalue weighted by Crippen LogP contribution is 2.24. The summed E-state index contributed by atoms with van der Waals surface area (Å²) in [7, 11) is -3.63. The van der Waals surface area contributed by atoms with Crippen molar-refractivity contribution in [3.63, 3.8) is 0 Å². The summed E-state index contributed by atoms with van der Waals surface area (Å²) in [6, 6.07) is 10.4. The molecule has 0 spiro atoms. The van der Waals surface area contributed by atoms with Crippen LogP contribution in [0.1, 0.15) is 11.1 Å². The van der Waals surface area contributed by atoms with Crippen molar-refractivity contribution in [2.45, 2.75) is 12.3 Å². The largest absolute Gasteiger partial charge is 0.326 e. The first kappa shape index (κ1) is 15.8. The maximum absolute atomic E-state index is 12.9. The lowest BCUT2D eigenvalue weighted by Crippen LogP contribution is -2.15. The minimum atomic E-state index is -3.63. The highest BCUT2D eigenvalue weighted by atomic mass is 35.5. The molecule has 0 saturated heterocycles. The summed E-state index contributed by atoms with van der Waals surface area (Å²) in [5.41, 5.74) is 7.18. The fourth-order valence-corrected chi connectivity index (χ4v) is 3.25. The Morgan fingerprint density at radius 2 is 1.71 bits per heavy atom. The average Bonchev–Trinajstić information content (AvgIpc) is 2.42.